The van der Waals surface area contributed by atoms with Crippen molar-refractivity contribution in [3.63, 3.8) is 0 Å². The number of tetrazole rings is 1. The lowest BCUT2D eigenvalue weighted by Gasteiger charge is -2.39. The van der Waals surface area contributed by atoms with Gasteiger partial charge in [-0.2, -0.15) is 0 Å². The number of aromatic nitrogens is 5. The van der Waals surface area contributed by atoms with E-state index in [2.05, 4.69) is 66.7 Å². The lowest BCUT2D eigenvalue weighted by atomic mass is 10.0. The highest BCUT2D eigenvalue weighted by Gasteiger charge is 2.32. The Morgan fingerprint density at radius 2 is 1.72 bits per heavy atom. The number of pyridine rings is 1. The number of hydrogen-bond donors (Lipinski definition) is 1. The number of rotatable bonds is 7. The van der Waals surface area contributed by atoms with E-state index in [0.29, 0.717) is 17.9 Å². The van der Waals surface area contributed by atoms with Gasteiger partial charge in [0.15, 0.2) is 5.82 Å². The summed E-state index contributed by atoms with van der Waals surface area (Å²) in [4.78, 5) is 21.3. The van der Waals surface area contributed by atoms with Crippen molar-refractivity contribution in [2.24, 2.45) is 0 Å². The number of ether oxygens (including phenoxy) is 1. The van der Waals surface area contributed by atoms with Crippen LogP contribution in [0.2, 0.25) is 0 Å². The summed E-state index contributed by atoms with van der Waals surface area (Å²) in [7, 11) is 1.68. The largest absolute Gasteiger partial charge is 0.497 e. The summed E-state index contributed by atoms with van der Waals surface area (Å²) < 4.78 is 7.13. The first kappa shape index (κ1) is 24.8. The van der Waals surface area contributed by atoms with Gasteiger partial charge in [0.05, 0.1) is 13.7 Å². The van der Waals surface area contributed by atoms with Gasteiger partial charge in [-0.05, 0) is 70.3 Å². The standard InChI is InChI=1S/C30H31N7O2/c1-21-8-9-23-19-26(30(38)31-27(23)18-21)28(29-32-33-34-37(29)20-22-6-4-3-5-7-22)36-16-14-35(15-17-36)24-10-12-25(39-2)13-11-24/h3-13,18-19,28H,14-17,20H2,1-2H3,(H,31,38)/t28-/m1/s1. The fourth-order valence-electron chi connectivity index (χ4n) is 5.34. The van der Waals surface area contributed by atoms with E-state index in [9.17, 15) is 4.79 Å². The van der Waals surface area contributed by atoms with Crippen molar-refractivity contribution in [3.05, 3.63) is 112 Å². The molecule has 9 heteroatoms. The van der Waals surface area contributed by atoms with Crippen LogP contribution in [0.4, 0.5) is 5.69 Å². The molecule has 9 nitrogen and oxygen atoms in total. The molecule has 1 aliphatic heterocycles. The van der Waals surface area contributed by atoms with Crippen LogP contribution in [0.25, 0.3) is 10.9 Å². The van der Waals surface area contributed by atoms with E-state index < -0.39 is 6.04 Å². The number of aromatic amines is 1. The molecule has 1 fully saturated rings. The number of nitrogens with zero attached hydrogens (tertiary/aromatic N) is 6. The highest BCUT2D eigenvalue weighted by Crippen LogP contribution is 2.29. The zero-order chi connectivity index (χ0) is 26.8. The summed E-state index contributed by atoms with van der Waals surface area (Å²) in [5.41, 5.74) is 4.70. The van der Waals surface area contributed by atoms with Crippen molar-refractivity contribution in [2.45, 2.75) is 19.5 Å². The first-order chi connectivity index (χ1) is 19.1. The number of hydrogen-bond acceptors (Lipinski definition) is 7. The van der Waals surface area contributed by atoms with E-state index in [-0.39, 0.29) is 5.56 Å². The average molecular weight is 522 g/mol. The molecule has 6 rings (SSSR count). The van der Waals surface area contributed by atoms with Gasteiger partial charge in [-0.1, -0.05) is 42.5 Å². The van der Waals surface area contributed by atoms with Crippen molar-refractivity contribution in [1.82, 2.24) is 30.1 Å². The summed E-state index contributed by atoms with van der Waals surface area (Å²) in [6, 6.07) is 26.0. The molecule has 0 unspecified atom stereocenters. The van der Waals surface area contributed by atoms with Crippen molar-refractivity contribution in [1.29, 1.82) is 0 Å². The first-order valence-electron chi connectivity index (χ1n) is 13.2. The van der Waals surface area contributed by atoms with E-state index >= 15 is 0 Å². The Labute approximate surface area is 226 Å². The van der Waals surface area contributed by atoms with Gasteiger partial charge in [0.25, 0.3) is 5.56 Å². The van der Waals surface area contributed by atoms with E-state index in [4.69, 9.17) is 4.74 Å². The minimum atomic E-state index is -0.392. The topological polar surface area (TPSA) is 92.2 Å². The summed E-state index contributed by atoms with van der Waals surface area (Å²) in [6.07, 6.45) is 0. The number of aryl methyl sites for hydroxylation is 1. The van der Waals surface area contributed by atoms with Crippen molar-refractivity contribution >= 4 is 16.6 Å². The molecule has 3 heterocycles. The molecule has 1 aliphatic rings. The Bertz CT molecular complexity index is 1620. The lowest BCUT2D eigenvalue weighted by molar-refractivity contribution is 0.200. The van der Waals surface area contributed by atoms with Crippen LogP contribution in [0.1, 0.15) is 28.6 Å². The lowest BCUT2D eigenvalue weighted by Crippen LogP contribution is -2.49. The molecule has 0 amide bonds. The fraction of sp³-hybridized carbons (Fsp3) is 0.267. The van der Waals surface area contributed by atoms with E-state index in [1.165, 1.54) is 0 Å². The number of fused-ring (bicyclic) bond motifs is 1. The Morgan fingerprint density at radius 3 is 2.46 bits per heavy atom. The maximum absolute atomic E-state index is 13.6. The van der Waals surface area contributed by atoms with Gasteiger partial charge in [0.1, 0.15) is 11.8 Å². The van der Waals surface area contributed by atoms with Crippen LogP contribution in [-0.2, 0) is 6.54 Å². The van der Waals surface area contributed by atoms with Crippen LogP contribution >= 0.6 is 0 Å². The number of nitrogens with one attached hydrogen (secondary N) is 1. The monoisotopic (exact) mass is 521 g/mol. The Balaban J connectivity index is 1.36. The average Bonchev–Trinajstić information content (AvgIpc) is 3.42. The number of benzene rings is 3. The number of piperazine rings is 1. The molecule has 39 heavy (non-hydrogen) atoms. The molecule has 1 atom stereocenters. The van der Waals surface area contributed by atoms with Crippen molar-refractivity contribution in [2.75, 3.05) is 38.2 Å². The SMILES string of the molecule is COc1ccc(N2CCN([C@H](c3cc4ccc(C)cc4[nH]c3=O)c3nnnn3Cc3ccccc3)CC2)cc1. The normalized spacial score (nSPS) is 15.0. The van der Waals surface area contributed by atoms with E-state index in [1.807, 2.05) is 54.1 Å². The molecule has 1 saturated heterocycles. The van der Waals surface area contributed by atoms with Crippen LogP contribution < -0.4 is 15.2 Å². The highest BCUT2D eigenvalue weighted by atomic mass is 16.5. The van der Waals surface area contributed by atoms with Gasteiger partial charge in [0, 0.05) is 42.9 Å². The molecule has 0 saturated carbocycles. The zero-order valence-electron chi connectivity index (χ0n) is 22.1. The number of methoxy groups -OCH3 is 1. The fourth-order valence-corrected chi connectivity index (χ4v) is 5.34. The predicted molar refractivity (Wildman–Crippen MR) is 151 cm³/mol. The minimum Gasteiger partial charge on any atom is -0.497 e. The molecule has 5 aromatic rings. The third-order valence-electron chi connectivity index (χ3n) is 7.42. The molecule has 0 radical (unpaired) electrons. The van der Waals surface area contributed by atoms with Crippen LogP contribution in [0.3, 0.4) is 0 Å². The highest BCUT2D eigenvalue weighted by molar-refractivity contribution is 5.79. The molecule has 2 aromatic heterocycles. The molecule has 3 aromatic carbocycles. The maximum Gasteiger partial charge on any atom is 0.253 e. The summed E-state index contributed by atoms with van der Waals surface area (Å²) in [5, 5.41) is 13.8. The second-order valence-electron chi connectivity index (χ2n) is 9.95. The van der Waals surface area contributed by atoms with Crippen molar-refractivity contribution < 1.29 is 4.74 Å². The molecular formula is C30H31N7O2. The first-order valence-corrected chi connectivity index (χ1v) is 13.2. The third kappa shape index (κ3) is 5.13. The van der Waals surface area contributed by atoms with Gasteiger partial charge in [-0.3, -0.25) is 9.69 Å². The molecule has 0 spiro atoms. The molecule has 0 bridgehead atoms. The van der Waals surface area contributed by atoms with Gasteiger partial charge in [-0.15, -0.1) is 5.10 Å². The van der Waals surface area contributed by atoms with Gasteiger partial charge in [0.2, 0.25) is 0 Å². The van der Waals surface area contributed by atoms with E-state index in [0.717, 1.165) is 59.6 Å². The third-order valence-corrected chi connectivity index (χ3v) is 7.42. The molecule has 0 aliphatic carbocycles. The van der Waals surface area contributed by atoms with Crippen LogP contribution in [-0.4, -0.2) is 63.4 Å². The Morgan fingerprint density at radius 1 is 0.949 bits per heavy atom. The van der Waals surface area contributed by atoms with Crippen LogP contribution in [0.15, 0.2) is 83.7 Å². The van der Waals surface area contributed by atoms with Gasteiger partial charge < -0.3 is 14.6 Å². The molecular weight excluding hydrogens is 490 g/mol. The molecule has 1 N–H and O–H groups in total. The number of anilines is 1. The van der Waals surface area contributed by atoms with Gasteiger partial charge in [-0.25, -0.2) is 4.68 Å². The quantitative estimate of drug-likeness (QED) is 0.348. The molecule has 198 valence electrons. The van der Waals surface area contributed by atoms with Crippen LogP contribution in [0, 0.1) is 6.92 Å². The Kier molecular flexibility index (Phi) is 6.81. The van der Waals surface area contributed by atoms with Crippen LogP contribution in [0.5, 0.6) is 5.75 Å². The smallest absolute Gasteiger partial charge is 0.253 e. The summed E-state index contributed by atoms with van der Waals surface area (Å²) in [5.74, 6) is 1.50. The van der Waals surface area contributed by atoms with Gasteiger partial charge >= 0.3 is 0 Å². The predicted octanol–water partition coefficient (Wildman–Crippen LogP) is 3.79. The van der Waals surface area contributed by atoms with Crippen molar-refractivity contribution in [3.8, 4) is 5.75 Å². The second-order valence-corrected chi connectivity index (χ2v) is 9.95. The van der Waals surface area contributed by atoms with E-state index in [1.54, 1.807) is 7.11 Å². The summed E-state index contributed by atoms with van der Waals surface area (Å²) in [6.45, 7) is 5.67. The maximum atomic E-state index is 13.6. The minimum absolute atomic E-state index is 0.120. The Hall–Kier alpha value is -4.50. The zero-order valence-corrected chi connectivity index (χ0v) is 22.1. The number of H-pyrrole nitrogens is 1. The summed E-state index contributed by atoms with van der Waals surface area (Å²) >= 11 is 0. The second kappa shape index (κ2) is 10.7.